The van der Waals surface area contributed by atoms with Crippen molar-refractivity contribution < 1.29 is 9.13 Å². The van der Waals surface area contributed by atoms with Gasteiger partial charge in [-0.25, -0.2) is 4.39 Å². The topological polar surface area (TPSA) is 21.3 Å². The molecule has 1 aliphatic rings. The summed E-state index contributed by atoms with van der Waals surface area (Å²) in [7, 11) is 0. The Bertz CT molecular complexity index is 369. The van der Waals surface area contributed by atoms with Gasteiger partial charge in [0.05, 0.1) is 6.10 Å². The van der Waals surface area contributed by atoms with E-state index in [0.29, 0.717) is 6.04 Å². The molecule has 3 heteroatoms. The van der Waals surface area contributed by atoms with Crippen molar-refractivity contribution in [2.45, 2.75) is 44.9 Å². The summed E-state index contributed by atoms with van der Waals surface area (Å²) in [4.78, 5) is 0. The Morgan fingerprint density at radius 2 is 2.24 bits per heavy atom. The third kappa shape index (κ3) is 2.85. The number of benzene rings is 1. The number of hydrogen-bond acceptors (Lipinski definition) is 2. The Balaban J connectivity index is 2.09. The van der Waals surface area contributed by atoms with E-state index in [2.05, 4.69) is 19.2 Å². The van der Waals surface area contributed by atoms with Crippen molar-refractivity contribution in [3.63, 3.8) is 0 Å². The molecule has 0 spiro atoms. The maximum atomic E-state index is 13.7. The average Bonchev–Trinajstić information content (AvgIpc) is 2.73. The average molecular weight is 237 g/mol. The third-order valence-corrected chi connectivity index (χ3v) is 3.48. The fourth-order valence-electron chi connectivity index (χ4n) is 2.39. The van der Waals surface area contributed by atoms with E-state index in [-0.39, 0.29) is 18.0 Å². The van der Waals surface area contributed by atoms with Gasteiger partial charge in [-0.2, -0.15) is 0 Å². The molecule has 1 aliphatic heterocycles. The van der Waals surface area contributed by atoms with Gasteiger partial charge >= 0.3 is 0 Å². The van der Waals surface area contributed by atoms with E-state index in [0.717, 1.165) is 25.0 Å². The summed E-state index contributed by atoms with van der Waals surface area (Å²) in [6, 6.07) is 7.40. The summed E-state index contributed by atoms with van der Waals surface area (Å²) in [6.07, 6.45) is 2.10. The van der Waals surface area contributed by atoms with E-state index in [9.17, 15) is 4.39 Å². The summed E-state index contributed by atoms with van der Waals surface area (Å²) in [5.41, 5.74) is 0.758. The molecule has 0 amide bonds. The first kappa shape index (κ1) is 12.5. The lowest BCUT2D eigenvalue weighted by Crippen LogP contribution is -2.37. The first-order chi connectivity index (χ1) is 8.22. The Hall–Kier alpha value is -0.930. The molecule has 0 saturated carbocycles. The Kier molecular flexibility index (Phi) is 4.13. The highest BCUT2D eigenvalue weighted by Gasteiger charge is 2.27. The zero-order valence-electron chi connectivity index (χ0n) is 10.4. The van der Waals surface area contributed by atoms with Crippen LogP contribution in [0, 0.1) is 5.82 Å². The lowest BCUT2D eigenvalue weighted by molar-refractivity contribution is 0.110. The van der Waals surface area contributed by atoms with Crippen LogP contribution in [0.15, 0.2) is 24.3 Å². The van der Waals surface area contributed by atoms with Gasteiger partial charge < -0.3 is 10.1 Å². The van der Waals surface area contributed by atoms with Crippen LogP contribution in [0.3, 0.4) is 0 Å². The molecular formula is C14H20FNO. The minimum absolute atomic E-state index is 0.0744. The fraction of sp³-hybridized carbons (Fsp3) is 0.571. The molecule has 1 heterocycles. The lowest BCUT2D eigenvalue weighted by atomic mass is 10.0. The first-order valence-corrected chi connectivity index (χ1v) is 6.34. The molecule has 1 fully saturated rings. The summed E-state index contributed by atoms with van der Waals surface area (Å²) in [6.45, 7) is 4.94. The quantitative estimate of drug-likeness (QED) is 0.869. The minimum atomic E-state index is -0.126. The van der Waals surface area contributed by atoms with Gasteiger partial charge in [-0.15, -0.1) is 0 Å². The van der Waals surface area contributed by atoms with Gasteiger partial charge in [-0.3, -0.25) is 0 Å². The molecule has 1 aromatic rings. The maximum absolute atomic E-state index is 13.7. The van der Waals surface area contributed by atoms with Crippen molar-refractivity contribution in [3.05, 3.63) is 35.6 Å². The van der Waals surface area contributed by atoms with Crippen molar-refractivity contribution in [2.75, 3.05) is 6.61 Å². The largest absolute Gasteiger partial charge is 0.377 e. The van der Waals surface area contributed by atoms with Gasteiger partial charge in [-0.05, 0) is 25.8 Å². The number of ether oxygens (including phenoxy) is 1. The Morgan fingerprint density at radius 3 is 2.82 bits per heavy atom. The van der Waals surface area contributed by atoms with Gasteiger partial charge in [0, 0.05) is 24.3 Å². The second-order valence-electron chi connectivity index (χ2n) is 4.62. The van der Waals surface area contributed by atoms with E-state index in [1.165, 1.54) is 6.07 Å². The van der Waals surface area contributed by atoms with Gasteiger partial charge in [-0.1, -0.05) is 25.1 Å². The van der Waals surface area contributed by atoms with Crippen LogP contribution in [0.25, 0.3) is 0 Å². The van der Waals surface area contributed by atoms with Crippen LogP contribution in [0.1, 0.15) is 38.3 Å². The van der Waals surface area contributed by atoms with Gasteiger partial charge in [0.15, 0.2) is 0 Å². The summed E-state index contributed by atoms with van der Waals surface area (Å²) < 4.78 is 19.2. The van der Waals surface area contributed by atoms with Gasteiger partial charge in [0.2, 0.25) is 0 Å². The van der Waals surface area contributed by atoms with Crippen LogP contribution in [0.5, 0.6) is 0 Å². The second-order valence-corrected chi connectivity index (χ2v) is 4.62. The van der Waals surface area contributed by atoms with Crippen molar-refractivity contribution in [1.29, 1.82) is 0 Å². The van der Waals surface area contributed by atoms with Gasteiger partial charge in [0.1, 0.15) is 5.82 Å². The predicted molar refractivity (Wildman–Crippen MR) is 66.4 cm³/mol. The molecule has 0 aromatic heterocycles. The molecule has 3 unspecified atom stereocenters. The molecule has 2 rings (SSSR count). The molecule has 0 radical (unpaired) electrons. The van der Waals surface area contributed by atoms with Crippen molar-refractivity contribution in [3.8, 4) is 0 Å². The van der Waals surface area contributed by atoms with Gasteiger partial charge in [0.25, 0.3) is 0 Å². The molecule has 94 valence electrons. The Labute approximate surface area is 102 Å². The van der Waals surface area contributed by atoms with E-state index >= 15 is 0 Å². The van der Waals surface area contributed by atoms with E-state index < -0.39 is 0 Å². The fourth-order valence-corrected chi connectivity index (χ4v) is 2.39. The zero-order chi connectivity index (χ0) is 12.3. The normalized spacial score (nSPS) is 26.1. The highest BCUT2D eigenvalue weighted by Crippen LogP contribution is 2.23. The number of hydrogen-bond donors (Lipinski definition) is 1. The number of nitrogens with one attached hydrogen (secondary N) is 1. The Morgan fingerprint density at radius 1 is 1.47 bits per heavy atom. The van der Waals surface area contributed by atoms with Crippen LogP contribution in [0.2, 0.25) is 0 Å². The molecule has 1 aromatic carbocycles. The molecule has 0 aliphatic carbocycles. The van der Waals surface area contributed by atoms with Crippen LogP contribution in [0.4, 0.5) is 4.39 Å². The molecule has 1 N–H and O–H groups in total. The van der Waals surface area contributed by atoms with Crippen LogP contribution in [-0.2, 0) is 4.74 Å². The molecule has 1 saturated heterocycles. The molecule has 0 bridgehead atoms. The third-order valence-electron chi connectivity index (χ3n) is 3.48. The maximum Gasteiger partial charge on any atom is 0.127 e. The van der Waals surface area contributed by atoms with Crippen LogP contribution < -0.4 is 5.32 Å². The van der Waals surface area contributed by atoms with Crippen molar-refractivity contribution >= 4 is 0 Å². The second kappa shape index (κ2) is 5.61. The SMILES string of the molecule is CCC(NC1CCOC1C)c1ccccc1F. The first-order valence-electron chi connectivity index (χ1n) is 6.34. The molecule has 3 atom stereocenters. The summed E-state index contributed by atoms with van der Waals surface area (Å²) in [5.74, 6) is -0.126. The summed E-state index contributed by atoms with van der Waals surface area (Å²) >= 11 is 0. The van der Waals surface area contributed by atoms with Crippen molar-refractivity contribution in [1.82, 2.24) is 5.32 Å². The predicted octanol–water partition coefficient (Wildman–Crippen LogP) is 3.04. The summed E-state index contributed by atoms with van der Waals surface area (Å²) in [5, 5.41) is 3.51. The smallest absolute Gasteiger partial charge is 0.127 e. The number of rotatable bonds is 4. The highest BCUT2D eigenvalue weighted by atomic mass is 19.1. The van der Waals surface area contributed by atoms with Crippen molar-refractivity contribution in [2.24, 2.45) is 0 Å². The van der Waals surface area contributed by atoms with E-state index in [1.54, 1.807) is 6.07 Å². The van der Waals surface area contributed by atoms with E-state index in [1.807, 2.05) is 12.1 Å². The van der Waals surface area contributed by atoms with E-state index in [4.69, 9.17) is 4.74 Å². The standard InChI is InChI=1S/C14H20FNO/c1-3-13(11-6-4-5-7-12(11)15)16-14-8-9-17-10(14)2/h4-7,10,13-14,16H,3,8-9H2,1-2H3. The molecule has 17 heavy (non-hydrogen) atoms. The highest BCUT2D eigenvalue weighted by molar-refractivity contribution is 5.21. The minimum Gasteiger partial charge on any atom is -0.377 e. The molecular weight excluding hydrogens is 217 g/mol. The molecule has 2 nitrogen and oxygen atoms in total. The van der Waals surface area contributed by atoms with Crippen LogP contribution >= 0.6 is 0 Å². The number of halogens is 1. The zero-order valence-corrected chi connectivity index (χ0v) is 10.4. The monoisotopic (exact) mass is 237 g/mol. The lowest BCUT2D eigenvalue weighted by Gasteiger charge is -2.24. The van der Waals surface area contributed by atoms with Crippen LogP contribution in [-0.4, -0.2) is 18.8 Å².